The molecule has 0 aliphatic carbocycles. The van der Waals surface area contributed by atoms with Crippen molar-refractivity contribution in [1.82, 2.24) is 5.32 Å². The molecule has 6 heteroatoms. The van der Waals surface area contributed by atoms with Crippen LogP contribution in [0.15, 0.2) is 24.3 Å². The maximum Gasteiger partial charge on any atom is 0.310 e. The predicted molar refractivity (Wildman–Crippen MR) is 82.6 cm³/mol. The van der Waals surface area contributed by atoms with Gasteiger partial charge in [-0.15, -0.1) is 0 Å². The molecular formula is C17H22FNO4. The molecule has 1 aromatic carbocycles. The van der Waals surface area contributed by atoms with Crippen LogP contribution in [0.4, 0.5) is 4.39 Å². The molecule has 2 N–H and O–H groups in total. The number of halogens is 1. The lowest BCUT2D eigenvalue weighted by Gasteiger charge is -2.37. The Bertz CT molecular complexity index is 594. The molecule has 0 atom stereocenters. The third kappa shape index (κ3) is 3.69. The molecular weight excluding hydrogens is 301 g/mol. The van der Waals surface area contributed by atoms with Crippen LogP contribution in [-0.2, 0) is 19.7 Å². The van der Waals surface area contributed by atoms with Crippen molar-refractivity contribution >= 4 is 11.9 Å². The van der Waals surface area contributed by atoms with E-state index in [4.69, 9.17) is 9.84 Å². The first-order valence-corrected chi connectivity index (χ1v) is 7.63. The number of carboxylic acids is 1. The summed E-state index contributed by atoms with van der Waals surface area (Å²) in [4.78, 5) is 24.0. The Hall–Kier alpha value is -1.95. The molecule has 1 heterocycles. The first-order valence-electron chi connectivity index (χ1n) is 7.63. The SMILES string of the molecule is CC(C)(CNC(=O)C1(c2cccc(F)c2)CCOCC1)C(=O)O. The van der Waals surface area contributed by atoms with Crippen LogP contribution in [0.2, 0.25) is 0 Å². The second-order valence-electron chi connectivity index (χ2n) is 6.58. The highest BCUT2D eigenvalue weighted by atomic mass is 19.1. The van der Waals surface area contributed by atoms with E-state index in [9.17, 15) is 14.0 Å². The van der Waals surface area contributed by atoms with E-state index in [1.54, 1.807) is 26.0 Å². The molecule has 0 spiro atoms. The number of nitrogens with one attached hydrogen (secondary N) is 1. The lowest BCUT2D eigenvalue weighted by Crippen LogP contribution is -2.51. The number of amides is 1. The van der Waals surface area contributed by atoms with Gasteiger partial charge in [-0.25, -0.2) is 4.39 Å². The molecule has 0 aromatic heterocycles. The summed E-state index contributed by atoms with van der Waals surface area (Å²) in [6, 6.07) is 6.02. The molecule has 1 saturated heterocycles. The van der Waals surface area contributed by atoms with Crippen LogP contribution in [0.3, 0.4) is 0 Å². The van der Waals surface area contributed by atoms with E-state index < -0.39 is 22.6 Å². The monoisotopic (exact) mass is 323 g/mol. The van der Waals surface area contributed by atoms with Crippen molar-refractivity contribution in [2.24, 2.45) is 5.41 Å². The van der Waals surface area contributed by atoms with Crippen LogP contribution in [-0.4, -0.2) is 36.7 Å². The van der Waals surface area contributed by atoms with Gasteiger partial charge >= 0.3 is 5.97 Å². The summed E-state index contributed by atoms with van der Waals surface area (Å²) in [6.45, 7) is 3.93. The number of benzene rings is 1. The first kappa shape index (κ1) is 17.4. The summed E-state index contributed by atoms with van der Waals surface area (Å²) in [5.74, 6) is -1.66. The van der Waals surface area contributed by atoms with Gasteiger partial charge in [0.25, 0.3) is 0 Å². The summed E-state index contributed by atoms with van der Waals surface area (Å²) in [7, 11) is 0. The van der Waals surface area contributed by atoms with E-state index in [0.717, 1.165) is 0 Å². The number of hydrogen-bond acceptors (Lipinski definition) is 3. The minimum atomic E-state index is -1.07. The van der Waals surface area contributed by atoms with Gasteiger partial charge in [0.05, 0.1) is 10.8 Å². The van der Waals surface area contributed by atoms with E-state index in [-0.39, 0.29) is 12.5 Å². The smallest absolute Gasteiger partial charge is 0.310 e. The van der Waals surface area contributed by atoms with Crippen molar-refractivity contribution < 1.29 is 23.8 Å². The predicted octanol–water partition coefficient (Wildman–Crippen LogP) is 2.10. The summed E-state index contributed by atoms with van der Waals surface area (Å²) >= 11 is 0. The van der Waals surface area contributed by atoms with Gasteiger partial charge in [-0.2, -0.15) is 0 Å². The Morgan fingerprint density at radius 2 is 2.00 bits per heavy atom. The van der Waals surface area contributed by atoms with Gasteiger partial charge in [0, 0.05) is 19.8 Å². The Balaban J connectivity index is 2.25. The van der Waals surface area contributed by atoms with Gasteiger partial charge in [-0.3, -0.25) is 9.59 Å². The normalized spacial score (nSPS) is 17.5. The first-order chi connectivity index (χ1) is 10.8. The number of carbonyl (C=O) groups is 2. The zero-order valence-corrected chi connectivity index (χ0v) is 13.4. The quantitative estimate of drug-likeness (QED) is 0.870. The lowest BCUT2D eigenvalue weighted by molar-refractivity contribution is -0.147. The molecule has 126 valence electrons. The third-order valence-electron chi connectivity index (χ3n) is 4.43. The Labute approximate surface area is 134 Å². The molecule has 23 heavy (non-hydrogen) atoms. The van der Waals surface area contributed by atoms with Gasteiger partial charge in [-0.1, -0.05) is 12.1 Å². The molecule has 0 bridgehead atoms. The van der Waals surface area contributed by atoms with Crippen molar-refractivity contribution in [2.75, 3.05) is 19.8 Å². The topological polar surface area (TPSA) is 75.6 Å². The summed E-state index contributed by atoms with van der Waals surface area (Å²) in [5.41, 5.74) is -1.34. The highest BCUT2D eigenvalue weighted by Crippen LogP contribution is 2.35. The van der Waals surface area contributed by atoms with Crippen molar-refractivity contribution in [1.29, 1.82) is 0 Å². The molecule has 0 saturated carbocycles. The molecule has 1 aliphatic heterocycles. The largest absolute Gasteiger partial charge is 0.481 e. The van der Waals surface area contributed by atoms with Crippen molar-refractivity contribution in [2.45, 2.75) is 32.1 Å². The number of ether oxygens (including phenoxy) is 1. The number of aliphatic carboxylic acids is 1. The van der Waals surface area contributed by atoms with Crippen LogP contribution in [0, 0.1) is 11.2 Å². The van der Waals surface area contributed by atoms with E-state index in [1.807, 2.05) is 0 Å². The van der Waals surface area contributed by atoms with Crippen molar-refractivity contribution in [3.05, 3.63) is 35.6 Å². The van der Waals surface area contributed by atoms with E-state index in [2.05, 4.69) is 5.32 Å². The number of carbonyl (C=O) groups excluding carboxylic acids is 1. The Morgan fingerprint density at radius 3 is 2.57 bits per heavy atom. The molecule has 1 fully saturated rings. The average Bonchev–Trinajstić information content (AvgIpc) is 2.53. The Morgan fingerprint density at radius 1 is 1.35 bits per heavy atom. The second kappa shape index (κ2) is 6.66. The van der Waals surface area contributed by atoms with Crippen molar-refractivity contribution in [3.8, 4) is 0 Å². The third-order valence-corrected chi connectivity index (χ3v) is 4.43. The number of hydrogen-bond donors (Lipinski definition) is 2. The highest BCUT2D eigenvalue weighted by molar-refractivity contribution is 5.89. The summed E-state index contributed by atoms with van der Waals surface area (Å²) in [5, 5.41) is 11.9. The molecule has 1 aromatic rings. The standard InChI is InChI=1S/C17H22FNO4/c1-16(2,15(21)22)11-19-14(20)17(6-8-23-9-7-17)12-4-3-5-13(18)10-12/h3-5,10H,6-9,11H2,1-2H3,(H,19,20)(H,21,22). The van der Waals surface area contributed by atoms with Gasteiger partial charge in [0.2, 0.25) is 5.91 Å². The molecule has 2 rings (SSSR count). The zero-order chi connectivity index (χ0) is 17.1. The van der Waals surface area contributed by atoms with Crippen LogP contribution >= 0.6 is 0 Å². The molecule has 1 aliphatic rings. The molecule has 0 radical (unpaired) electrons. The lowest BCUT2D eigenvalue weighted by atomic mass is 9.73. The average molecular weight is 323 g/mol. The van der Waals surface area contributed by atoms with Gasteiger partial charge in [-0.05, 0) is 44.4 Å². The maximum atomic E-state index is 13.6. The van der Waals surface area contributed by atoms with Gasteiger partial charge in [0.15, 0.2) is 0 Å². The number of rotatable bonds is 5. The summed E-state index contributed by atoms with van der Waals surface area (Å²) in [6.07, 6.45) is 0.881. The van der Waals surface area contributed by atoms with Crippen LogP contribution in [0.5, 0.6) is 0 Å². The summed E-state index contributed by atoms with van der Waals surface area (Å²) < 4.78 is 18.9. The van der Waals surface area contributed by atoms with Crippen LogP contribution in [0.1, 0.15) is 32.3 Å². The van der Waals surface area contributed by atoms with E-state index in [0.29, 0.717) is 31.6 Å². The van der Waals surface area contributed by atoms with Gasteiger partial charge < -0.3 is 15.2 Å². The van der Waals surface area contributed by atoms with E-state index >= 15 is 0 Å². The zero-order valence-electron chi connectivity index (χ0n) is 13.4. The maximum absolute atomic E-state index is 13.6. The van der Waals surface area contributed by atoms with Crippen molar-refractivity contribution in [3.63, 3.8) is 0 Å². The second-order valence-corrected chi connectivity index (χ2v) is 6.58. The molecule has 1 amide bonds. The fourth-order valence-electron chi connectivity index (χ4n) is 2.70. The fourth-order valence-corrected chi connectivity index (χ4v) is 2.70. The fraction of sp³-hybridized carbons (Fsp3) is 0.529. The van der Waals surface area contributed by atoms with E-state index in [1.165, 1.54) is 12.1 Å². The Kier molecular flexibility index (Phi) is 5.04. The minimum Gasteiger partial charge on any atom is -0.481 e. The van der Waals surface area contributed by atoms with Gasteiger partial charge in [0.1, 0.15) is 5.82 Å². The molecule has 5 nitrogen and oxygen atoms in total. The van der Waals surface area contributed by atoms with Crippen LogP contribution < -0.4 is 5.32 Å². The van der Waals surface area contributed by atoms with Crippen LogP contribution in [0.25, 0.3) is 0 Å². The minimum absolute atomic E-state index is 0.0130. The molecule has 0 unspecified atom stereocenters. The number of carboxylic acid groups (broad SMARTS) is 1. The highest BCUT2D eigenvalue weighted by Gasteiger charge is 2.42.